The molecule has 8 heteroatoms. The molecule has 0 aliphatic heterocycles. The van der Waals surface area contributed by atoms with Gasteiger partial charge in [0.1, 0.15) is 12.4 Å². The highest BCUT2D eigenvalue weighted by atomic mass is 19.4. The van der Waals surface area contributed by atoms with Gasteiger partial charge in [0, 0.05) is 5.56 Å². The quantitative estimate of drug-likeness (QED) is 0.783. The van der Waals surface area contributed by atoms with Crippen LogP contribution in [-0.4, -0.2) is 17.5 Å². The number of benzene rings is 2. The van der Waals surface area contributed by atoms with Crippen molar-refractivity contribution in [3.63, 3.8) is 0 Å². The minimum atomic E-state index is -5.91. The Morgan fingerprint density at radius 2 is 1.44 bits per heavy atom. The molecule has 1 N–H and O–H groups in total. The Balaban J connectivity index is 2.31. The van der Waals surface area contributed by atoms with E-state index in [2.05, 4.69) is 0 Å². The van der Waals surface area contributed by atoms with Gasteiger partial charge in [-0.1, -0.05) is 36.4 Å². The molecular weight excluding hydrogens is 350 g/mol. The van der Waals surface area contributed by atoms with Gasteiger partial charge in [-0.3, -0.25) is 0 Å². The van der Waals surface area contributed by atoms with E-state index in [1.165, 1.54) is 6.92 Å². The minimum Gasteiger partial charge on any atom is -0.489 e. The Labute approximate surface area is 139 Å². The summed E-state index contributed by atoms with van der Waals surface area (Å²) in [5.74, 6) is 0.124. The lowest BCUT2D eigenvalue weighted by atomic mass is 9.91. The van der Waals surface area contributed by atoms with Gasteiger partial charge >= 0.3 is 12.4 Å². The first-order valence-electron chi connectivity index (χ1n) is 7.10. The molecule has 0 heterocycles. The highest BCUT2D eigenvalue weighted by Gasteiger charge is 2.71. The molecule has 0 aliphatic rings. The normalized spacial score (nSPS) is 13.0. The summed E-state index contributed by atoms with van der Waals surface area (Å²) in [6.07, 6.45) is -11.8. The Morgan fingerprint density at radius 1 is 0.880 bits per heavy atom. The third-order valence-corrected chi connectivity index (χ3v) is 3.65. The van der Waals surface area contributed by atoms with Crippen molar-refractivity contribution in [1.29, 1.82) is 0 Å². The molecule has 0 radical (unpaired) electrons. The van der Waals surface area contributed by atoms with Crippen LogP contribution in [0.15, 0.2) is 48.5 Å². The topological polar surface area (TPSA) is 29.5 Å². The van der Waals surface area contributed by atoms with E-state index < -0.39 is 23.5 Å². The Bertz CT molecular complexity index is 708. The zero-order valence-corrected chi connectivity index (χ0v) is 12.9. The van der Waals surface area contributed by atoms with E-state index in [-0.39, 0.29) is 17.9 Å². The second-order valence-electron chi connectivity index (χ2n) is 5.46. The highest BCUT2D eigenvalue weighted by molar-refractivity contribution is 5.40. The fourth-order valence-electron chi connectivity index (χ4n) is 2.26. The first kappa shape index (κ1) is 19.1. The van der Waals surface area contributed by atoms with Crippen LogP contribution in [0.2, 0.25) is 0 Å². The summed E-state index contributed by atoms with van der Waals surface area (Å²) < 4.78 is 82.7. The summed E-state index contributed by atoms with van der Waals surface area (Å²) in [7, 11) is 0. The lowest BCUT2D eigenvalue weighted by molar-refractivity contribution is -0.376. The van der Waals surface area contributed by atoms with E-state index >= 15 is 0 Å². The molecule has 0 spiro atoms. The maximum Gasteiger partial charge on any atom is 0.430 e. The molecule has 2 aromatic rings. The summed E-state index contributed by atoms with van der Waals surface area (Å²) in [6.45, 7) is 1.40. The molecule has 2 rings (SSSR count). The van der Waals surface area contributed by atoms with Crippen LogP contribution < -0.4 is 4.74 Å². The van der Waals surface area contributed by atoms with E-state index in [0.29, 0.717) is 12.1 Å². The maximum absolute atomic E-state index is 12.9. The number of aliphatic hydroxyl groups is 1. The van der Waals surface area contributed by atoms with E-state index in [4.69, 9.17) is 4.74 Å². The van der Waals surface area contributed by atoms with Crippen LogP contribution in [0.25, 0.3) is 0 Å². The zero-order valence-electron chi connectivity index (χ0n) is 12.9. The van der Waals surface area contributed by atoms with Gasteiger partial charge in [0.25, 0.3) is 5.60 Å². The SMILES string of the molecule is Cc1cc(C(O)(C(F)(F)F)C(F)(F)F)ccc1OCc1ccccc1. The average Bonchev–Trinajstić information content (AvgIpc) is 2.51. The van der Waals surface area contributed by atoms with Crippen LogP contribution in [-0.2, 0) is 12.2 Å². The van der Waals surface area contributed by atoms with Crippen molar-refractivity contribution < 1.29 is 36.2 Å². The first-order chi connectivity index (χ1) is 11.5. The van der Waals surface area contributed by atoms with Crippen LogP contribution in [0.4, 0.5) is 26.3 Å². The van der Waals surface area contributed by atoms with Gasteiger partial charge in [-0.2, -0.15) is 26.3 Å². The van der Waals surface area contributed by atoms with Crippen molar-refractivity contribution in [3.8, 4) is 5.75 Å². The van der Waals surface area contributed by atoms with E-state index in [9.17, 15) is 31.4 Å². The molecule has 25 heavy (non-hydrogen) atoms. The van der Waals surface area contributed by atoms with E-state index in [1.807, 2.05) is 0 Å². The Morgan fingerprint density at radius 3 is 1.92 bits per heavy atom. The molecule has 2 nitrogen and oxygen atoms in total. The van der Waals surface area contributed by atoms with Gasteiger partial charge in [0.05, 0.1) is 0 Å². The third kappa shape index (κ3) is 3.73. The van der Waals surface area contributed by atoms with Crippen molar-refractivity contribution in [3.05, 3.63) is 65.2 Å². The molecule has 0 unspecified atom stereocenters. The predicted molar refractivity (Wildman–Crippen MR) is 78.0 cm³/mol. The molecule has 0 aromatic heterocycles. The summed E-state index contributed by atoms with van der Waals surface area (Å²) in [5.41, 5.74) is -5.42. The second-order valence-corrected chi connectivity index (χ2v) is 5.46. The molecule has 136 valence electrons. The Kier molecular flexibility index (Phi) is 5.04. The van der Waals surface area contributed by atoms with Gasteiger partial charge in [0.15, 0.2) is 0 Å². The van der Waals surface area contributed by atoms with E-state index in [0.717, 1.165) is 11.6 Å². The second kappa shape index (κ2) is 6.59. The number of hydrogen-bond donors (Lipinski definition) is 1. The predicted octanol–water partition coefficient (Wildman–Crippen LogP) is 4.89. The number of aryl methyl sites for hydroxylation is 1. The van der Waals surface area contributed by atoms with Gasteiger partial charge in [-0.25, -0.2) is 0 Å². The molecule has 0 fully saturated rings. The molecule has 0 saturated carbocycles. The first-order valence-corrected chi connectivity index (χ1v) is 7.10. The summed E-state index contributed by atoms with van der Waals surface area (Å²) >= 11 is 0. The van der Waals surface area contributed by atoms with Crippen molar-refractivity contribution in [1.82, 2.24) is 0 Å². The van der Waals surface area contributed by atoms with E-state index in [1.54, 1.807) is 30.3 Å². The van der Waals surface area contributed by atoms with Crippen LogP contribution in [0.5, 0.6) is 5.75 Å². The van der Waals surface area contributed by atoms with Gasteiger partial charge in [-0.05, 0) is 30.2 Å². The molecule has 0 atom stereocenters. The number of rotatable bonds is 4. The smallest absolute Gasteiger partial charge is 0.430 e. The summed E-state index contributed by atoms with van der Waals surface area (Å²) in [5, 5.41) is 9.39. The van der Waals surface area contributed by atoms with Crippen LogP contribution in [0.3, 0.4) is 0 Å². The molecule has 0 amide bonds. The number of hydrogen-bond acceptors (Lipinski definition) is 2. The number of ether oxygens (including phenoxy) is 1. The van der Waals surface area contributed by atoms with Crippen LogP contribution >= 0.6 is 0 Å². The molecule has 2 aromatic carbocycles. The fraction of sp³-hybridized carbons (Fsp3) is 0.294. The maximum atomic E-state index is 12.9. The molecular formula is C17H14F6O2. The van der Waals surface area contributed by atoms with Gasteiger partial charge in [0.2, 0.25) is 0 Å². The van der Waals surface area contributed by atoms with Crippen molar-refractivity contribution in [2.24, 2.45) is 0 Å². The van der Waals surface area contributed by atoms with Crippen molar-refractivity contribution in [2.75, 3.05) is 0 Å². The standard InChI is InChI=1S/C17H14F6O2/c1-11-9-13(15(24,16(18,19)20)17(21,22)23)7-8-14(11)25-10-12-5-3-2-4-6-12/h2-9,24H,10H2,1H3. The minimum absolute atomic E-state index is 0.0420. The zero-order chi connectivity index (χ0) is 18.9. The van der Waals surface area contributed by atoms with Crippen LogP contribution in [0.1, 0.15) is 16.7 Å². The summed E-state index contributed by atoms with van der Waals surface area (Å²) in [4.78, 5) is 0. The monoisotopic (exact) mass is 364 g/mol. The number of halogens is 6. The lowest BCUT2D eigenvalue weighted by Gasteiger charge is -2.33. The molecule has 0 aliphatic carbocycles. The summed E-state index contributed by atoms with van der Waals surface area (Å²) in [6, 6.07) is 11.0. The average molecular weight is 364 g/mol. The lowest BCUT2D eigenvalue weighted by Crippen LogP contribution is -2.53. The fourth-order valence-corrected chi connectivity index (χ4v) is 2.26. The number of alkyl halides is 6. The Hall–Kier alpha value is -2.22. The third-order valence-electron chi connectivity index (χ3n) is 3.65. The largest absolute Gasteiger partial charge is 0.489 e. The van der Waals surface area contributed by atoms with Crippen molar-refractivity contribution >= 4 is 0 Å². The highest BCUT2D eigenvalue weighted by Crippen LogP contribution is 2.50. The molecule has 0 saturated heterocycles. The van der Waals surface area contributed by atoms with Crippen molar-refractivity contribution in [2.45, 2.75) is 31.5 Å². The molecule has 0 bridgehead atoms. The van der Waals surface area contributed by atoms with Crippen LogP contribution in [0, 0.1) is 6.92 Å². The van der Waals surface area contributed by atoms with Gasteiger partial charge < -0.3 is 9.84 Å². The van der Waals surface area contributed by atoms with Gasteiger partial charge in [-0.15, -0.1) is 0 Å².